The third kappa shape index (κ3) is 9.70. The minimum absolute atomic E-state index is 0.00110. The fourth-order valence-electron chi connectivity index (χ4n) is 5.08. The van der Waals surface area contributed by atoms with Crippen molar-refractivity contribution >= 4 is 68.1 Å². The minimum Gasteiger partial charge on any atom is -0.505 e. The molecule has 0 unspecified atom stereocenters. The van der Waals surface area contributed by atoms with Gasteiger partial charge in [-0.15, -0.1) is 5.11 Å². The van der Waals surface area contributed by atoms with Crippen LogP contribution in [0.5, 0.6) is 11.5 Å². The molecule has 264 valence electrons. The Bertz CT molecular complexity index is 2340. The van der Waals surface area contributed by atoms with Gasteiger partial charge in [0, 0.05) is 16.8 Å². The van der Waals surface area contributed by atoms with Gasteiger partial charge < -0.3 is 25.6 Å². The van der Waals surface area contributed by atoms with Crippen molar-refractivity contribution in [2.75, 3.05) is 17.4 Å². The zero-order valence-electron chi connectivity index (χ0n) is 28.8. The second-order valence-electron chi connectivity index (χ2n) is 11.9. The van der Waals surface area contributed by atoms with Gasteiger partial charge >= 0.3 is 5.97 Å². The predicted molar refractivity (Wildman–Crippen MR) is 203 cm³/mol. The van der Waals surface area contributed by atoms with Crippen LogP contribution in [0.1, 0.15) is 17.5 Å². The maximum atomic E-state index is 11.6. The van der Waals surface area contributed by atoms with E-state index in [1.807, 2.05) is 92.7 Å². The minimum atomic E-state index is -1.19. The molecule has 6 aromatic carbocycles. The molecular formula is C40H34N8O5. The van der Waals surface area contributed by atoms with Gasteiger partial charge in [-0.25, -0.2) is 0 Å². The lowest BCUT2D eigenvalue weighted by Crippen LogP contribution is -2.15. The van der Waals surface area contributed by atoms with Gasteiger partial charge in [0.25, 0.3) is 0 Å². The van der Waals surface area contributed by atoms with E-state index in [9.17, 15) is 14.7 Å². The zero-order valence-corrected chi connectivity index (χ0v) is 28.8. The third-order valence-electron chi connectivity index (χ3n) is 7.88. The number of fused-ring (bicyclic) bond motifs is 1. The van der Waals surface area contributed by atoms with Gasteiger partial charge in [0.15, 0.2) is 12.5 Å². The van der Waals surface area contributed by atoms with E-state index in [4.69, 9.17) is 9.84 Å². The summed E-state index contributed by atoms with van der Waals surface area (Å²) in [5.41, 5.74) is 6.78. The quantitative estimate of drug-likeness (QED) is 0.0526. The van der Waals surface area contributed by atoms with Crippen LogP contribution in [0, 0.1) is 13.8 Å². The monoisotopic (exact) mass is 706 g/mol. The third-order valence-corrected chi connectivity index (χ3v) is 7.88. The summed E-state index contributed by atoms with van der Waals surface area (Å²) >= 11 is 0. The van der Waals surface area contributed by atoms with Crippen LogP contribution < -0.4 is 15.4 Å². The number of nitrogens with one attached hydrogen (secondary N) is 2. The number of aromatic hydroxyl groups is 1. The molecule has 53 heavy (non-hydrogen) atoms. The van der Waals surface area contributed by atoms with Gasteiger partial charge in [-0.2, -0.15) is 25.6 Å². The summed E-state index contributed by atoms with van der Waals surface area (Å²) in [5, 5.41) is 52.8. The lowest BCUT2D eigenvalue weighted by molar-refractivity contribution is -0.139. The van der Waals surface area contributed by atoms with Gasteiger partial charge in [0.2, 0.25) is 5.91 Å². The molecule has 0 heterocycles. The van der Waals surface area contributed by atoms with Crippen LogP contribution in [0.25, 0.3) is 10.8 Å². The smallest absolute Gasteiger partial charge is 0.312 e. The Morgan fingerprint density at radius 2 is 1.19 bits per heavy atom. The van der Waals surface area contributed by atoms with Gasteiger partial charge in [0.05, 0.1) is 28.4 Å². The van der Waals surface area contributed by atoms with Crippen molar-refractivity contribution in [3.05, 3.63) is 132 Å². The maximum absolute atomic E-state index is 11.6. The molecule has 0 spiro atoms. The number of carbonyl (C=O) groups is 2. The first-order valence-corrected chi connectivity index (χ1v) is 16.5. The first-order valence-electron chi connectivity index (χ1n) is 16.5. The van der Waals surface area contributed by atoms with E-state index in [1.165, 1.54) is 0 Å². The number of phenols is 1. The van der Waals surface area contributed by atoms with Crippen LogP contribution in [-0.2, 0) is 9.59 Å². The number of carboxylic acid groups (broad SMARTS) is 1. The molecule has 13 heteroatoms. The summed E-state index contributed by atoms with van der Waals surface area (Å²) in [6, 6.07) is 36.3. The van der Waals surface area contributed by atoms with Crippen LogP contribution in [0.2, 0.25) is 0 Å². The number of carbonyl (C=O) groups excluding carboxylic acids is 1. The van der Waals surface area contributed by atoms with Crippen LogP contribution >= 0.6 is 0 Å². The Balaban J connectivity index is 1.05. The molecule has 6 rings (SSSR count). The maximum Gasteiger partial charge on any atom is 0.312 e. The second-order valence-corrected chi connectivity index (χ2v) is 11.9. The molecule has 0 aliphatic carbocycles. The van der Waals surface area contributed by atoms with Gasteiger partial charge in [-0.05, 0) is 127 Å². The molecule has 0 saturated carbocycles. The van der Waals surface area contributed by atoms with Crippen molar-refractivity contribution in [3.8, 4) is 11.5 Å². The number of hydrogen-bond acceptors (Lipinski definition) is 11. The van der Waals surface area contributed by atoms with Crippen LogP contribution in [-0.4, -0.2) is 28.8 Å². The van der Waals surface area contributed by atoms with E-state index in [0.29, 0.717) is 45.3 Å². The number of aliphatic carboxylic acids is 1. The SMILES string of the molecule is Cc1cc(N=Nc2ccc3cc(OCNc4ccc(NC(=O)CC(=O)O)cc4)ccc3c2O)c(C)cc1N=Nc1ccc(N=Nc2ccccc2)cc1. The molecule has 0 bridgehead atoms. The molecule has 1 amide bonds. The number of aryl methyl sites for hydroxylation is 2. The molecule has 6 aromatic rings. The number of nitrogens with zero attached hydrogens (tertiary/aromatic N) is 6. The van der Waals surface area contributed by atoms with Crippen molar-refractivity contribution in [3.63, 3.8) is 0 Å². The van der Waals surface area contributed by atoms with Crippen molar-refractivity contribution in [2.24, 2.45) is 30.7 Å². The Morgan fingerprint density at radius 3 is 1.83 bits per heavy atom. The molecule has 0 saturated heterocycles. The second kappa shape index (κ2) is 16.6. The lowest BCUT2D eigenvalue weighted by Gasteiger charge is -2.11. The Labute approximate surface area is 304 Å². The molecule has 0 aromatic heterocycles. The normalized spacial score (nSPS) is 11.4. The fourth-order valence-corrected chi connectivity index (χ4v) is 5.08. The van der Waals surface area contributed by atoms with E-state index >= 15 is 0 Å². The van der Waals surface area contributed by atoms with Crippen molar-refractivity contribution < 1.29 is 24.5 Å². The van der Waals surface area contributed by atoms with Crippen molar-refractivity contribution in [2.45, 2.75) is 20.3 Å². The van der Waals surface area contributed by atoms with Gasteiger partial charge in [-0.3, -0.25) is 9.59 Å². The average Bonchev–Trinajstić information content (AvgIpc) is 3.15. The largest absolute Gasteiger partial charge is 0.505 e. The molecule has 0 aliphatic rings. The number of amides is 1. The highest BCUT2D eigenvalue weighted by Crippen LogP contribution is 2.38. The Kier molecular flexibility index (Phi) is 11.1. The van der Waals surface area contributed by atoms with E-state index in [0.717, 1.165) is 27.9 Å². The van der Waals surface area contributed by atoms with E-state index in [2.05, 4.69) is 41.3 Å². The highest BCUT2D eigenvalue weighted by Gasteiger charge is 2.10. The molecule has 0 atom stereocenters. The number of azo groups is 3. The number of carboxylic acids is 1. The van der Waals surface area contributed by atoms with E-state index in [1.54, 1.807) is 42.5 Å². The topological polar surface area (TPSA) is 182 Å². The number of benzene rings is 6. The molecular weight excluding hydrogens is 672 g/mol. The van der Waals surface area contributed by atoms with E-state index in [-0.39, 0.29) is 12.5 Å². The van der Waals surface area contributed by atoms with Gasteiger partial charge in [0.1, 0.15) is 17.9 Å². The highest BCUT2D eigenvalue weighted by atomic mass is 16.5. The Hall–Kier alpha value is -7.28. The number of hydrogen-bond donors (Lipinski definition) is 4. The first-order chi connectivity index (χ1) is 25.7. The molecule has 0 aliphatic heterocycles. The van der Waals surface area contributed by atoms with Crippen molar-refractivity contribution in [1.29, 1.82) is 0 Å². The summed E-state index contributed by atoms with van der Waals surface area (Å²) in [6.07, 6.45) is -0.601. The summed E-state index contributed by atoms with van der Waals surface area (Å²) < 4.78 is 5.84. The lowest BCUT2D eigenvalue weighted by atomic mass is 10.1. The molecule has 0 fully saturated rings. The fraction of sp³-hybridized carbons (Fsp3) is 0.100. The number of ether oxygens (including phenoxy) is 1. The molecule has 13 nitrogen and oxygen atoms in total. The molecule has 4 N–H and O–H groups in total. The first kappa shape index (κ1) is 35.5. The van der Waals surface area contributed by atoms with Crippen LogP contribution in [0.3, 0.4) is 0 Å². The number of rotatable bonds is 13. The van der Waals surface area contributed by atoms with E-state index < -0.39 is 18.3 Å². The molecule has 0 radical (unpaired) electrons. The summed E-state index contributed by atoms with van der Waals surface area (Å²) in [6.45, 7) is 3.99. The standard InChI is InChI=1S/C40H34N8O5/c1-25-21-37(26(2)20-36(25)47-45-32-15-13-31(14-16-32)44-43-30-6-4-3-5-7-30)48-46-35-19-8-27-22-33(17-18-34(27)40(35)52)53-24-41-28-9-11-29(12-10-28)42-38(49)23-39(50)51/h3-22,41,52H,23-24H2,1-2H3,(H,42,49)(H,50,51). The zero-order chi connectivity index (χ0) is 37.2. The van der Waals surface area contributed by atoms with Crippen molar-refractivity contribution in [1.82, 2.24) is 0 Å². The summed E-state index contributed by atoms with van der Waals surface area (Å²) in [5.74, 6) is -1.21. The van der Waals surface area contributed by atoms with Crippen LogP contribution in [0.4, 0.5) is 45.5 Å². The average molecular weight is 707 g/mol. The van der Waals surface area contributed by atoms with Gasteiger partial charge in [-0.1, -0.05) is 24.3 Å². The summed E-state index contributed by atoms with van der Waals surface area (Å²) in [7, 11) is 0. The predicted octanol–water partition coefficient (Wildman–Crippen LogP) is 11.3. The number of phenolic OH excluding ortho intramolecular Hbond substituents is 1. The van der Waals surface area contributed by atoms with Crippen LogP contribution in [0.15, 0.2) is 152 Å². The number of anilines is 2. The highest BCUT2D eigenvalue weighted by molar-refractivity contribution is 6.01. The Morgan fingerprint density at radius 1 is 0.623 bits per heavy atom. The summed E-state index contributed by atoms with van der Waals surface area (Å²) in [4.78, 5) is 22.3.